The molecule has 0 saturated carbocycles. The molecule has 1 aliphatic heterocycles. The molecule has 1 saturated heterocycles. The number of carbonyl (C=O) groups is 2. The number of nitrogens with zero attached hydrogens (tertiary/aromatic N) is 1. The molecule has 3 rings (SSSR count). The van der Waals surface area contributed by atoms with Crippen LogP contribution in [0.1, 0.15) is 18.4 Å². The van der Waals surface area contributed by atoms with E-state index in [-0.39, 0.29) is 11.8 Å². The van der Waals surface area contributed by atoms with Gasteiger partial charge in [-0.2, -0.15) is 0 Å². The molecule has 118 valence electrons. The van der Waals surface area contributed by atoms with Gasteiger partial charge in [0.1, 0.15) is 6.04 Å². The van der Waals surface area contributed by atoms with E-state index in [0.717, 1.165) is 11.3 Å². The molecule has 5 heteroatoms. The number of benzene rings is 2. The van der Waals surface area contributed by atoms with E-state index in [2.05, 4.69) is 5.32 Å². The lowest BCUT2D eigenvalue weighted by Gasteiger charge is -2.24. The van der Waals surface area contributed by atoms with Gasteiger partial charge in [-0.05, 0) is 49.2 Å². The zero-order valence-electron chi connectivity index (χ0n) is 12.8. The van der Waals surface area contributed by atoms with Gasteiger partial charge in [0.05, 0.1) is 0 Å². The van der Waals surface area contributed by atoms with Crippen molar-refractivity contribution in [1.82, 2.24) is 0 Å². The number of carbonyl (C=O) groups excluding carboxylic acids is 2. The molecule has 1 aliphatic rings. The van der Waals surface area contributed by atoms with Gasteiger partial charge in [0.15, 0.2) is 0 Å². The van der Waals surface area contributed by atoms with Crippen molar-refractivity contribution in [2.75, 3.05) is 10.2 Å². The molecule has 0 aromatic heterocycles. The lowest BCUT2D eigenvalue weighted by molar-refractivity contribution is -0.120. The number of para-hydroxylation sites is 1. The van der Waals surface area contributed by atoms with Gasteiger partial charge >= 0.3 is 0 Å². The highest BCUT2D eigenvalue weighted by Gasteiger charge is 2.37. The van der Waals surface area contributed by atoms with Gasteiger partial charge in [0.2, 0.25) is 11.8 Å². The summed E-state index contributed by atoms with van der Waals surface area (Å²) in [4.78, 5) is 26.4. The zero-order chi connectivity index (χ0) is 16.4. The first kappa shape index (κ1) is 15.6. The van der Waals surface area contributed by atoms with Crippen LogP contribution in [-0.4, -0.2) is 17.9 Å². The second-order valence-electron chi connectivity index (χ2n) is 5.60. The van der Waals surface area contributed by atoms with E-state index in [0.29, 0.717) is 23.6 Å². The second kappa shape index (κ2) is 6.42. The SMILES string of the molecule is Cc1cc(Cl)ccc1NC(=O)C1CCC(=O)N1c1ccccc1. The molecule has 1 heterocycles. The lowest BCUT2D eigenvalue weighted by Crippen LogP contribution is -2.41. The molecule has 23 heavy (non-hydrogen) atoms. The molecule has 2 aromatic rings. The third kappa shape index (κ3) is 3.22. The van der Waals surface area contributed by atoms with Crippen molar-refractivity contribution in [1.29, 1.82) is 0 Å². The summed E-state index contributed by atoms with van der Waals surface area (Å²) in [6.07, 6.45) is 0.902. The fourth-order valence-corrected chi connectivity index (χ4v) is 3.05. The summed E-state index contributed by atoms with van der Waals surface area (Å²) in [5, 5.41) is 3.54. The van der Waals surface area contributed by atoms with Crippen molar-refractivity contribution in [2.24, 2.45) is 0 Å². The Bertz CT molecular complexity index is 746. The third-order valence-electron chi connectivity index (χ3n) is 4.00. The molecule has 0 bridgehead atoms. The van der Waals surface area contributed by atoms with E-state index in [1.54, 1.807) is 23.1 Å². The minimum absolute atomic E-state index is 0.0239. The Morgan fingerprint density at radius 3 is 2.65 bits per heavy atom. The van der Waals surface area contributed by atoms with Gasteiger partial charge in [-0.1, -0.05) is 29.8 Å². The Hall–Kier alpha value is -2.33. The molecule has 1 atom stereocenters. The van der Waals surface area contributed by atoms with E-state index in [9.17, 15) is 9.59 Å². The minimum atomic E-state index is -0.486. The average Bonchev–Trinajstić information content (AvgIpc) is 2.92. The van der Waals surface area contributed by atoms with E-state index < -0.39 is 6.04 Å². The van der Waals surface area contributed by atoms with Gasteiger partial charge < -0.3 is 5.32 Å². The quantitative estimate of drug-likeness (QED) is 0.932. The highest BCUT2D eigenvalue weighted by Crippen LogP contribution is 2.28. The van der Waals surface area contributed by atoms with Crippen LogP contribution < -0.4 is 10.2 Å². The number of hydrogen-bond donors (Lipinski definition) is 1. The molecule has 1 fully saturated rings. The highest BCUT2D eigenvalue weighted by atomic mass is 35.5. The van der Waals surface area contributed by atoms with Crippen molar-refractivity contribution in [3.63, 3.8) is 0 Å². The molecule has 2 amide bonds. The summed E-state index contributed by atoms with van der Waals surface area (Å²) >= 11 is 5.94. The number of nitrogens with one attached hydrogen (secondary N) is 1. The summed E-state index contributed by atoms with van der Waals surface area (Å²) in [7, 11) is 0. The number of aryl methyl sites for hydroxylation is 1. The fraction of sp³-hybridized carbons (Fsp3) is 0.222. The van der Waals surface area contributed by atoms with Gasteiger partial charge in [-0.3, -0.25) is 14.5 Å². The number of halogens is 1. The third-order valence-corrected chi connectivity index (χ3v) is 4.23. The fourth-order valence-electron chi connectivity index (χ4n) is 2.83. The number of amides is 2. The maximum Gasteiger partial charge on any atom is 0.247 e. The summed E-state index contributed by atoms with van der Waals surface area (Å²) in [6.45, 7) is 1.89. The van der Waals surface area contributed by atoms with Crippen molar-refractivity contribution < 1.29 is 9.59 Å². The van der Waals surface area contributed by atoms with Gasteiger partial charge in [0.25, 0.3) is 0 Å². The number of hydrogen-bond acceptors (Lipinski definition) is 2. The molecule has 4 nitrogen and oxygen atoms in total. The summed E-state index contributed by atoms with van der Waals surface area (Å²) in [6, 6.07) is 14.1. The Labute approximate surface area is 140 Å². The predicted octanol–water partition coefficient (Wildman–Crippen LogP) is 3.78. The van der Waals surface area contributed by atoms with Gasteiger partial charge in [0, 0.05) is 22.8 Å². The van der Waals surface area contributed by atoms with E-state index in [1.165, 1.54) is 0 Å². The Kier molecular flexibility index (Phi) is 4.35. The topological polar surface area (TPSA) is 49.4 Å². The average molecular weight is 329 g/mol. The molecule has 0 aliphatic carbocycles. The Morgan fingerprint density at radius 1 is 1.22 bits per heavy atom. The van der Waals surface area contributed by atoms with Crippen LogP contribution in [0.2, 0.25) is 5.02 Å². The maximum absolute atomic E-state index is 12.6. The number of rotatable bonds is 3. The summed E-state index contributed by atoms with van der Waals surface area (Å²) in [5.74, 6) is -0.200. The predicted molar refractivity (Wildman–Crippen MR) is 91.8 cm³/mol. The first-order chi connectivity index (χ1) is 11.1. The number of anilines is 2. The molecule has 1 N–H and O–H groups in total. The molecule has 0 radical (unpaired) electrons. The van der Waals surface area contributed by atoms with Crippen LogP contribution in [0.5, 0.6) is 0 Å². The van der Waals surface area contributed by atoms with E-state index >= 15 is 0 Å². The first-order valence-electron chi connectivity index (χ1n) is 7.50. The molecule has 2 aromatic carbocycles. The summed E-state index contributed by atoms with van der Waals surface area (Å²) < 4.78 is 0. The molecular weight excluding hydrogens is 312 g/mol. The Balaban J connectivity index is 1.82. The van der Waals surface area contributed by atoms with Crippen LogP contribution in [0, 0.1) is 6.92 Å². The minimum Gasteiger partial charge on any atom is -0.324 e. The largest absolute Gasteiger partial charge is 0.324 e. The van der Waals surface area contributed by atoms with Crippen LogP contribution in [-0.2, 0) is 9.59 Å². The standard InChI is InChI=1S/C18H17ClN2O2/c1-12-11-13(19)7-8-15(12)20-18(23)16-9-10-17(22)21(16)14-5-3-2-4-6-14/h2-8,11,16H,9-10H2,1H3,(H,20,23). The van der Waals surface area contributed by atoms with Crippen molar-refractivity contribution in [2.45, 2.75) is 25.8 Å². The van der Waals surface area contributed by atoms with Crippen LogP contribution in [0.3, 0.4) is 0 Å². The maximum atomic E-state index is 12.6. The van der Waals surface area contributed by atoms with Crippen molar-refractivity contribution in [3.8, 4) is 0 Å². The van der Waals surface area contributed by atoms with E-state index in [1.807, 2.05) is 37.3 Å². The zero-order valence-corrected chi connectivity index (χ0v) is 13.5. The van der Waals surface area contributed by atoms with Crippen LogP contribution in [0.15, 0.2) is 48.5 Å². The Morgan fingerprint density at radius 2 is 1.96 bits per heavy atom. The highest BCUT2D eigenvalue weighted by molar-refractivity contribution is 6.30. The lowest BCUT2D eigenvalue weighted by atomic mass is 10.1. The molecule has 0 spiro atoms. The van der Waals surface area contributed by atoms with Gasteiger partial charge in [-0.15, -0.1) is 0 Å². The molecular formula is C18H17ClN2O2. The molecule has 1 unspecified atom stereocenters. The smallest absolute Gasteiger partial charge is 0.247 e. The van der Waals surface area contributed by atoms with Crippen LogP contribution in [0.25, 0.3) is 0 Å². The van der Waals surface area contributed by atoms with Crippen molar-refractivity contribution >= 4 is 34.8 Å². The van der Waals surface area contributed by atoms with E-state index in [4.69, 9.17) is 11.6 Å². The first-order valence-corrected chi connectivity index (χ1v) is 7.88. The monoisotopic (exact) mass is 328 g/mol. The van der Waals surface area contributed by atoms with Crippen molar-refractivity contribution in [3.05, 3.63) is 59.1 Å². The van der Waals surface area contributed by atoms with Crippen LogP contribution >= 0.6 is 11.6 Å². The normalized spacial score (nSPS) is 17.4. The van der Waals surface area contributed by atoms with Crippen LogP contribution in [0.4, 0.5) is 11.4 Å². The summed E-state index contributed by atoms with van der Waals surface area (Å²) in [5.41, 5.74) is 2.36. The second-order valence-corrected chi connectivity index (χ2v) is 6.04. The van der Waals surface area contributed by atoms with Gasteiger partial charge in [-0.25, -0.2) is 0 Å².